The van der Waals surface area contributed by atoms with Crippen LogP contribution in [0.15, 0.2) is 30.3 Å². The van der Waals surface area contributed by atoms with Gasteiger partial charge in [0.05, 0.1) is 19.5 Å². The lowest BCUT2D eigenvalue weighted by atomic mass is 9.79. The normalized spacial score (nSPS) is 31.3. The van der Waals surface area contributed by atoms with E-state index in [0.29, 0.717) is 5.54 Å². The summed E-state index contributed by atoms with van der Waals surface area (Å²) in [6.07, 6.45) is 11.3. The molecule has 2 N–H and O–H groups in total. The highest BCUT2D eigenvalue weighted by atomic mass is 15.3. The van der Waals surface area contributed by atoms with E-state index in [1.165, 1.54) is 83.1 Å². The summed E-state index contributed by atoms with van der Waals surface area (Å²) in [4.78, 5) is 1.88. The van der Waals surface area contributed by atoms with Gasteiger partial charge in [-0.3, -0.25) is 0 Å². The summed E-state index contributed by atoms with van der Waals surface area (Å²) in [5.41, 5.74) is 2.19. The molecule has 2 atom stereocenters. The molecule has 21 heavy (non-hydrogen) atoms. The SMILES string of the molecule is C1CCCNCC1.c1ccc(CC23CCC[NH+]2CC3)cc1. The minimum atomic E-state index is 0.654. The second-order valence-corrected chi connectivity index (χ2v) is 7.06. The molecule has 3 fully saturated rings. The lowest BCUT2D eigenvalue weighted by Crippen LogP contribution is -3.24. The largest absolute Gasteiger partial charge is 0.329 e. The van der Waals surface area contributed by atoms with E-state index in [0.717, 1.165) is 0 Å². The molecule has 4 rings (SSSR count). The Labute approximate surface area is 129 Å². The van der Waals surface area contributed by atoms with Crippen molar-refractivity contribution in [3.8, 4) is 0 Å². The zero-order valence-electron chi connectivity index (χ0n) is 13.4. The third-order valence-corrected chi connectivity index (χ3v) is 5.63. The molecule has 116 valence electrons. The van der Waals surface area contributed by atoms with E-state index in [1.54, 1.807) is 0 Å². The molecule has 1 aromatic rings. The van der Waals surface area contributed by atoms with Gasteiger partial charge in [-0.25, -0.2) is 0 Å². The zero-order valence-corrected chi connectivity index (χ0v) is 13.4. The average molecular weight is 287 g/mol. The van der Waals surface area contributed by atoms with Gasteiger partial charge in [-0.2, -0.15) is 0 Å². The van der Waals surface area contributed by atoms with Crippen molar-refractivity contribution in [3.63, 3.8) is 0 Å². The molecule has 3 aliphatic heterocycles. The molecule has 1 aromatic carbocycles. The maximum atomic E-state index is 3.35. The van der Waals surface area contributed by atoms with E-state index in [4.69, 9.17) is 0 Å². The Hall–Kier alpha value is -0.860. The maximum Gasteiger partial charge on any atom is 0.107 e. The molecule has 0 aromatic heterocycles. The fourth-order valence-corrected chi connectivity index (χ4v) is 4.25. The van der Waals surface area contributed by atoms with Crippen LogP contribution in [0.1, 0.15) is 50.5 Å². The first kappa shape index (κ1) is 15.1. The van der Waals surface area contributed by atoms with Crippen molar-refractivity contribution in [2.75, 3.05) is 26.2 Å². The highest BCUT2D eigenvalue weighted by molar-refractivity contribution is 5.18. The Morgan fingerprint density at radius 1 is 0.857 bits per heavy atom. The first-order valence-electron chi connectivity index (χ1n) is 8.99. The Kier molecular flexibility index (Phi) is 5.32. The number of quaternary nitrogens is 1. The fraction of sp³-hybridized carbons (Fsp3) is 0.684. The van der Waals surface area contributed by atoms with Gasteiger partial charge in [-0.05, 0) is 31.5 Å². The standard InChI is InChI=1S/C13H17N.C6H13N/c1-2-5-12(6-3-1)11-13-7-4-9-14(13)10-8-13;1-2-4-6-7-5-3-1/h1-3,5-6H,4,7-11H2;7H,1-6H2/p+1. The highest BCUT2D eigenvalue weighted by Crippen LogP contribution is 2.28. The number of rotatable bonds is 2. The lowest BCUT2D eigenvalue weighted by Gasteiger charge is -2.44. The summed E-state index contributed by atoms with van der Waals surface area (Å²) >= 11 is 0. The van der Waals surface area contributed by atoms with Gasteiger partial charge in [0.2, 0.25) is 0 Å². The van der Waals surface area contributed by atoms with Crippen LogP contribution in [0.3, 0.4) is 0 Å². The third-order valence-electron chi connectivity index (χ3n) is 5.63. The summed E-state index contributed by atoms with van der Waals surface area (Å²) in [7, 11) is 0. The Morgan fingerprint density at radius 3 is 2.24 bits per heavy atom. The predicted molar refractivity (Wildman–Crippen MR) is 88.8 cm³/mol. The van der Waals surface area contributed by atoms with E-state index in [-0.39, 0.29) is 0 Å². The van der Waals surface area contributed by atoms with Crippen molar-refractivity contribution in [1.82, 2.24) is 5.32 Å². The van der Waals surface area contributed by atoms with E-state index >= 15 is 0 Å². The minimum Gasteiger partial charge on any atom is -0.329 e. The Bertz CT molecular complexity index is 397. The molecule has 0 amide bonds. The number of benzene rings is 1. The van der Waals surface area contributed by atoms with Crippen molar-refractivity contribution >= 4 is 0 Å². The predicted octanol–water partition coefficient (Wildman–Crippen LogP) is 2.20. The molecular weight excluding hydrogens is 256 g/mol. The van der Waals surface area contributed by atoms with Gasteiger partial charge < -0.3 is 10.2 Å². The van der Waals surface area contributed by atoms with E-state index in [2.05, 4.69) is 35.6 Å². The summed E-state index contributed by atoms with van der Waals surface area (Å²) in [5, 5.41) is 3.35. The van der Waals surface area contributed by atoms with E-state index < -0.39 is 0 Å². The fourth-order valence-electron chi connectivity index (χ4n) is 4.25. The lowest BCUT2D eigenvalue weighted by molar-refractivity contribution is -0.983. The van der Waals surface area contributed by atoms with E-state index in [1.807, 2.05) is 4.90 Å². The van der Waals surface area contributed by atoms with Crippen LogP contribution in [-0.4, -0.2) is 31.7 Å². The van der Waals surface area contributed by atoms with Gasteiger partial charge in [0, 0.05) is 19.3 Å². The van der Waals surface area contributed by atoms with Crippen LogP contribution >= 0.6 is 0 Å². The molecule has 2 heteroatoms. The van der Waals surface area contributed by atoms with Gasteiger partial charge in [-0.15, -0.1) is 0 Å². The van der Waals surface area contributed by atoms with Crippen LogP contribution in [-0.2, 0) is 6.42 Å². The zero-order chi connectivity index (χ0) is 14.4. The Morgan fingerprint density at radius 2 is 1.62 bits per heavy atom. The first-order valence-corrected chi connectivity index (χ1v) is 8.99. The van der Waals surface area contributed by atoms with Crippen molar-refractivity contribution in [2.45, 2.75) is 56.9 Å². The number of fused-ring (bicyclic) bond motifs is 1. The van der Waals surface area contributed by atoms with Gasteiger partial charge in [0.1, 0.15) is 5.54 Å². The molecule has 0 spiro atoms. The van der Waals surface area contributed by atoms with Gasteiger partial charge in [0.15, 0.2) is 0 Å². The molecule has 3 aliphatic rings. The van der Waals surface area contributed by atoms with Crippen molar-refractivity contribution in [3.05, 3.63) is 35.9 Å². The van der Waals surface area contributed by atoms with Crippen molar-refractivity contribution in [1.29, 1.82) is 0 Å². The molecule has 3 saturated heterocycles. The minimum absolute atomic E-state index is 0.654. The molecule has 3 heterocycles. The monoisotopic (exact) mass is 287 g/mol. The smallest absolute Gasteiger partial charge is 0.107 e. The molecule has 0 radical (unpaired) electrons. The van der Waals surface area contributed by atoms with Crippen LogP contribution in [0.4, 0.5) is 0 Å². The van der Waals surface area contributed by atoms with Gasteiger partial charge >= 0.3 is 0 Å². The molecule has 0 saturated carbocycles. The molecule has 0 bridgehead atoms. The Balaban J connectivity index is 0.000000160. The molecule has 2 unspecified atom stereocenters. The number of hydrogen-bond acceptors (Lipinski definition) is 1. The second kappa shape index (κ2) is 7.42. The van der Waals surface area contributed by atoms with Crippen molar-refractivity contribution < 1.29 is 4.90 Å². The molecule has 0 aliphatic carbocycles. The highest BCUT2D eigenvalue weighted by Gasteiger charge is 2.52. The molecule has 2 nitrogen and oxygen atoms in total. The third kappa shape index (κ3) is 3.87. The van der Waals surface area contributed by atoms with Gasteiger partial charge in [0.25, 0.3) is 0 Å². The van der Waals surface area contributed by atoms with Gasteiger partial charge in [-0.1, -0.05) is 43.2 Å². The second-order valence-electron chi connectivity index (χ2n) is 7.06. The van der Waals surface area contributed by atoms with Crippen LogP contribution in [0.2, 0.25) is 0 Å². The van der Waals surface area contributed by atoms with Crippen LogP contribution in [0, 0.1) is 0 Å². The van der Waals surface area contributed by atoms with Crippen LogP contribution in [0.25, 0.3) is 0 Å². The van der Waals surface area contributed by atoms with Crippen LogP contribution in [0.5, 0.6) is 0 Å². The van der Waals surface area contributed by atoms with E-state index in [9.17, 15) is 0 Å². The number of nitrogens with one attached hydrogen (secondary N) is 2. The summed E-state index contributed by atoms with van der Waals surface area (Å²) in [5.74, 6) is 0. The average Bonchev–Trinajstić information content (AvgIpc) is 2.74. The summed E-state index contributed by atoms with van der Waals surface area (Å²) in [6, 6.07) is 11.0. The topological polar surface area (TPSA) is 16.5 Å². The maximum absolute atomic E-state index is 3.35. The quantitative estimate of drug-likeness (QED) is 0.852. The summed E-state index contributed by atoms with van der Waals surface area (Å²) in [6.45, 7) is 5.35. The molecular formula is C19H31N2+. The van der Waals surface area contributed by atoms with Crippen molar-refractivity contribution in [2.24, 2.45) is 0 Å². The first-order chi connectivity index (χ1) is 10.4. The number of hydrogen-bond donors (Lipinski definition) is 2. The summed E-state index contributed by atoms with van der Waals surface area (Å²) < 4.78 is 0. The van der Waals surface area contributed by atoms with Crippen LogP contribution < -0.4 is 10.2 Å².